The smallest absolute Gasteiger partial charge is 0.237 e. The standard InChI is InChI=1S/C29H41N3O3.2ClH/c1-19(2)27(31-28(34)26-14-21-9-10-25(35-5)13-22(21)16-30-26)18-32-12-11-29(4,20(3)17-32)23-7-6-8-24(33)15-23;;/h6-10,13,15,19-20,26-27,30,33H,11-12,14,16-18H2,1-5H3,(H,31,34);2*1H/t20-,26+,27+,29+;;/m0../s1. The van der Waals surface area contributed by atoms with Crippen molar-refractivity contribution in [2.45, 2.75) is 64.6 Å². The Morgan fingerprint density at radius 2 is 1.97 bits per heavy atom. The van der Waals surface area contributed by atoms with Gasteiger partial charge in [-0.15, -0.1) is 24.8 Å². The van der Waals surface area contributed by atoms with Crippen molar-refractivity contribution in [2.24, 2.45) is 11.8 Å². The number of amides is 1. The number of halogens is 2. The Morgan fingerprint density at radius 1 is 1.22 bits per heavy atom. The Kier molecular flexibility index (Phi) is 11.1. The third-order valence-electron chi connectivity index (χ3n) is 8.35. The fraction of sp³-hybridized carbons (Fsp3) is 0.552. The number of nitrogens with one attached hydrogen (secondary N) is 2. The third kappa shape index (κ3) is 7.11. The van der Waals surface area contributed by atoms with Crippen LogP contribution in [0.25, 0.3) is 0 Å². The Labute approximate surface area is 234 Å². The molecule has 1 saturated heterocycles. The molecule has 2 heterocycles. The molecular weight excluding hydrogens is 509 g/mol. The number of phenolic OH excluding ortho intramolecular Hbond substituents is 1. The van der Waals surface area contributed by atoms with Gasteiger partial charge in [-0.25, -0.2) is 0 Å². The van der Waals surface area contributed by atoms with Crippen LogP contribution in [-0.2, 0) is 23.2 Å². The molecule has 0 saturated carbocycles. The van der Waals surface area contributed by atoms with Gasteiger partial charge >= 0.3 is 0 Å². The third-order valence-corrected chi connectivity index (χ3v) is 8.35. The van der Waals surface area contributed by atoms with E-state index in [1.54, 1.807) is 13.2 Å². The van der Waals surface area contributed by atoms with Crippen molar-refractivity contribution in [2.75, 3.05) is 26.7 Å². The molecule has 8 heteroatoms. The molecule has 0 aromatic heterocycles. The van der Waals surface area contributed by atoms with E-state index in [-0.39, 0.29) is 48.2 Å². The molecule has 0 aliphatic carbocycles. The van der Waals surface area contributed by atoms with Gasteiger partial charge in [-0.05, 0) is 77.6 Å². The molecule has 37 heavy (non-hydrogen) atoms. The number of fused-ring (bicyclic) bond motifs is 1. The fourth-order valence-electron chi connectivity index (χ4n) is 5.56. The van der Waals surface area contributed by atoms with E-state index in [0.717, 1.165) is 31.8 Å². The number of ether oxygens (including phenoxy) is 1. The van der Waals surface area contributed by atoms with Crippen LogP contribution in [0.5, 0.6) is 11.5 Å². The maximum absolute atomic E-state index is 13.2. The van der Waals surface area contributed by atoms with Crippen molar-refractivity contribution in [3.05, 3.63) is 59.2 Å². The van der Waals surface area contributed by atoms with Crippen LogP contribution in [0.4, 0.5) is 0 Å². The zero-order valence-electron chi connectivity index (χ0n) is 22.6. The first kappa shape index (κ1) is 31.2. The molecule has 2 aromatic carbocycles. The molecule has 2 aliphatic rings. The summed E-state index contributed by atoms with van der Waals surface area (Å²) in [6.45, 7) is 12.5. The number of benzene rings is 2. The minimum Gasteiger partial charge on any atom is -0.508 e. The Bertz CT molecular complexity index is 1050. The number of hydrogen-bond acceptors (Lipinski definition) is 5. The van der Waals surface area contributed by atoms with Gasteiger partial charge in [0.2, 0.25) is 5.91 Å². The first-order chi connectivity index (χ1) is 16.7. The van der Waals surface area contributed by atoms with E-state index in [2.05, 4.69) is 61.4 Å². The summed E-state index contributed by atoms with van der Waals surface area (Å²) >= 11 is 0. The zero-order chi connectivity index (χ0) is 25.2. The summed E-state index contributed by atoms with van der Waals surface area (Å²) in [5.74, 6) is 2.05. The normalized spacial score (nSPS) is 24.3. The molecule has 0 bridgehead atoms. The largest absolute Gasteiger partial charge is 0.508 e. The highest BCUT2D eigenvalue weighted by atomic mass is 35.5. The maximum Gasteiger partial charge on any atom is 0.237 e. The lowest BCUT2D eigenvalue weighted by Crippen LogP contribution is -2.56. The topological polar surface area (TPSA) is 73.8 Å². The van der Waals surface area contributed by atoms with Gasteiger partial charge in [0.15, 0.2) is 0 Å². The molecule has 206 valence electrons. The molecule has 1 fully saturated rings. The SMILES string of the molecule is COc1ccc2c(c1)CN[C@@H](C(=O)N[C@H](CN1CC[C@@](C)(c3cccc(O)c3)[C@@H](C)C1)C(C)C)C2.Cl.Cl. The van der Waals surface area contributed by atoms with Crippen LogP contribution in [0.3, 0.4) is 0 Å². The molecule has 0 unspecified atom stereocenters. The first-order valence-electron chi connectivity index (χ1n) is 12.9. The summed E-state index contributed by atoms with van der Waals surface area (Å²) < 4.78 is 5.33. The van der Waals surface area contributed by atoms with E-state index in [9.17, 15) is 9.90 Å². The van der Waals surface area contributed by atoms with Crippen molar-refractivity contribution < 1.29 is 14.6 Å². The second kappa shape index (κ2) is 13.2. The number of phenols is 1. The quantitative estimate of drug-likeness (QED) is 0.465. The average Bonchev–Trinajstić information content (AvgIpc) is 2.85. The monoisotopic (exact) mass is 551 g/mol. The van der Waals surface area contributed by atoms with Crippen molar-refractivity contribution >= 4 is 30.7 Å². The Hall–Kier alpha value is -1.99. The lowest BCUT2D eigenvalue weighted by molar-refractivity contribution is -0.124. The highest BCUT2D eigenvalue weighted by Crippen LogP contribution is 2.40. The minimum absolute atomic E-state index is 0. The molecule has 4 rings (SSSR count). The number of carbonyl (C=O) groups is 1. The number of piperidine rings is 1. The molecular formula is C29H43Cl2N3O3. The van der Waals surface area contributed by atoms with Gasteiger partial charge in [0, 0.05) is 25.7 Å². The highest BCUT2D eigenvalue weighted by molar-refractivity contribution is 5.85. The maximum atomic E-state index is 13.2. The Morgan fingerprint density at radius 3 is 2.62 bits per heavy atom. The van der Waals surface area contributed by atoms with Crippen molar-refractivity contribution in [3.8, 4) is 11.5 Å². The lowest BCUT2D eigenvalue weighted by Gasteiger charge is -2.46. The average molecular weight is 553 g/mol. The van der Waals surface area contributed by atoms with E-state index in [0.29, 0.717) is 30.6 Å². The number of aromatic hydroxyl groups is 1. The van der Waals surface area contributed by atoms with Crippen LogP contribution in [0, 0.1) is 11.8 Å². The molecule has 4 atom stereocenters. The predicted molar refractivity (Wildman–Crippen MR) is 154 cm³/mol. The Balaban J connectivity index is 0.00000241. The van der Waals surface area contributed by atoms with E-state index in [1.807, 2.05) is 18.2 Å². The molecule has 3 N–H and O–H groups in total. The van der Waals surface area contributed by atoms with Crippen LogP contribution in [0.2, 0.25) is 0 Å². The molecule has 1 amide bonds. The van der Waals surface area contributed by atoms with Crippen molar-refractivity contribution in [1.29, 1.82) is 0 Å². The van der Waals surface area contributed by atoms with E-state index in [1.165, 1.54) is 16.7 Å². The van der Waals surface area contributed by atoms with Crippen LogP contribution in [0.15, 0.2) is 42.5 Å². The van der Waals surface area contributed by atoms with E-state index >= 15 is 0 Å². The van der Waals surface area contributed by atoms with Crippen LogP contribution in [0.1, 0.15) is 50.8 Å². The zero-order valence-corrected chi connectivity index (χ0v) is 24.3. The second-order valence-electron chi connectivity index (χ2n) is 11.0. The van der Waals surface area contributed by atoms with Gasteiger partial charge in [0.05, 0.1) is 13.2 Å². The van der Waals surface area contributed by atoms with Gasteiger partial charge in [-0.1, -0.05) is 45.9 Å². The van der Waals surface area contributed by atoms with Crippen molar-refractivity contribution in [3.63, 3.8) is 0 Å². The number of likely N-dealkylation sites (tertiary alicyclic amines) is 1. The lowest BCUT2D eigenvalue weighted by atomic mass is 9.68. The number of methoxy groups -OCH3 is 1. The van der Waals surface area contributed by atoms with Crippen LogP contribution >= 0.6 is 24.8 Å². The number of nitrogens with zero attached hydrogens (tertiary/aromatic N) is 1. The molecule has 0 spiro atoms. The predicted octanol–water partition coefficient (Wildman–Crippen LogP) is 4.70. The number of hydrogen-bond donors (Lipinski definition) is 3. The summed E-state index contributed by atoms with van der Waals surface area (Å²) in [5.41, 5.74) is 3.65. The minimum atomic E-state index is -0.216. The summed E-state index contributed by atoms with van der Waals surface area (Å²) in [6, 6.07) is 13.7. The van der Waals surface area contributed by atoms with E-state index in [4.69, 9.17) is 4.74 Å². The van der Waals surface area contributed by atoms with Crippen LogP contribution < -0.4 is 15.4 Å². The fourth-order valence-corrected chi connectivity index (χ4v) is 5.56. The number of rotatable bonds is 7. The van der Waals surface area contributed by atoms with Crippen LogP contribution in [-0.4, -0.2) is 54.7 Å². The summed E-state index contributed by atoms with van der Waals surface area (Å²) in [7, 11) is 1.68. The van der Waals surface area contributed by atoms with Gasteiger partial charge in [-0.2, -0.15) is 0 Å². The summed E-state index contributed by atoms with van der Waals surface area (Å²) in [5, 5.41) is 16.8. The van der Waals surface area contributed by atoms with Gasteiger partial charge in [0.25, 0.3) is 0 Å². The molecule has 2 aliphatic heterocycles. The molecule has 2 aromatic rings. The van der Waals surface area contributed by atoms with Gasteiger partial charge < -0.3 is 25.4 Å². The van der Waals surface area contributed by atoms with Crippen molar-refractivity contribution in [1.82, 2.24) is 15.5 Å². The van der Waals surface area contributed by atoms with Gasteiger partial charge in [-0.3, -0.25) is 4.79 Å². The van der Waals surface area contributed by atoms with Gasteiger partial charge in [0.1, 0.15) is 11.5 Å². The summed E-state index contributed by atoms with van der Waals surface area (Å²) in [6.07, 6.45) is 1.72. The highest BCUT2D eigenvalue weighted by Gasteiger charge is 2.39. The number of carbonyl (C=O) groups excluding carboxylic acids is 1. The second-order valence-corrected chi connectivity index (χ2v) is 11.0. The van der Waals surface area contributed by atoms with E-state index < -0.39 is 0 Å². The molecule has 0 radical (unpaired) electrons. The summed E-state index contributed by atoms with van der Waals surface area (Å²) in [4.78, 5) is 15.7. The first-order valence-corrected chi connectivity index (χ1v) is 12.9. The molecule has 6 nitrogen and oxygen atoms in total.